The maximum atomic E-state index is 13.9. The summed E-state index contributed by atoms with van der Waals surface area (Å²) in [6, 6.07) is 15.9. The van der Waals surface area contributed by atoms with Crippen molar-refractivity contribution in [3.8, 4) is 11.1 Å². The van der Waals surface area contributed by atoms with Crippen molar-refractivity contribution in [3.63, 3.8) is 0 Å². The van der Waals surface area contributed by atoms with Crippen LogP contribution in [-0.2, 0) is 4.79 Å². The maximum absolute atomic E-state index is 13.9. The van der Waals surface area contributed by atoms with E-state index in [2.05, 4.69) is 5.32 Å². The van der Waals surface area contributed by atoms with E-state index >= 15 is 0 Å². The van der Waals surface area contributed by atoms with Crippen LogP contribution in [0, 0.1) is 12.7 Å². The van der Waals surface area contributed by atoms with Crippen LogP contribution in [0.3, 0.4) is 0 Å². The van der Waals surface area contributed by atoms with Gasteiger partial charge in [0.05, 0.1) is 9.78 Å². The zero-order chi connectivity index (χ0) is 22.7. The molecular formula is C24H19FN2O3S2. The molecule has 0 radical (unpaired) electrons. The molecule has 0 unspecified atom stereocenters. The zero-order valence-electron chi connectivity index (χ0n) is 17.1. The van der Waals surface area contributed by atoms with E-state index in [1.54, 1.807) is 12.1 Å². The molecule has 1 N–H and O–H groups in total. The van der Waals surface area contributed by atoms with Crippen LogP contribution in [-0.4, -0.2) is 35.0 Å². The fourth-order valence-corrected chi connectivity index (χ4v) is 4.92. The van der Waals surface area contributed by atoms with Crippen molar-refractivity contribution in [2.24, 2.45) is 0 Å². The Labute approximate surface area is 192 Å². The SMILES string of the molecule is Cc1ccc(-c2ccsc2C(=O)NCCN2C(=O)S/C(=C\c3ccccc3F)C2=O)cc1. The molecular weight excluding hydrogens is 447 g/mol. The van der Waals surface area contributed by atoms with E-state index in [1.165, 1.54) is 29.5 Å². The molecule has 3 aromatic rings. The van der Waals surface area contributed by atoms with Crippen LogP contribution in [0.4, 0.5) is 9.18 Å². The normalized spacial score (nSPS) is 14.9. The summed E-state index contributed by atoms with van der Waals surface area (Å²) in [7, 11) is 0. The quantitative estimate of drug-likeness (QED) is 0.499. The standard InChI is InChI=1S/C24H19FN2O3S2/c1-15-6-8-16(9-7-15)18-10-13-31-21(18)22(28)26-11-12-27-23(29)20(32-24(27)30)14-17-4-2-3-5-19(17)25/h2-10,13-14H,11-12H2,1H3,(H,26,28)/b20-14-. The van der Waals surface area contributed by atoms with Gasteiger partial charge in [-0.3, -0.25) is 19.3 Å². The average molecular weight is 467 g/mol. The number of carbonyl (C=O) groups is 3. The van der Waals surface area contributed by atoms with E-state index in [-0.39, 0.29) is 29.5 Å². The number of thiophene rings is 1. The number of halogens is 1. The van der Waals surface area contributed by atoms with Crippen LogP contribution < -0.4 is 5.32 Å². The second kappa shape index (κ2) is 9.50. The smallest absolute Gasteiger partial charge is 0.293 e. The Kier molecular flexibility index (Phi) is 6.53. The van der Waals surface area contributed by atoms with Crippen molar-refractivity contribution in [2.75, 3.05) is 13.1 Å². The van der Waals surface area contributed by atoms with Crippen LogP contribution in [0.5, 0.6) is 0 Å². The molecule has 0 bridgehead atoms. The lowest BCUT2D eigenvalue weighted by molar-refractivity contribution is -0.122. The minimum absolute atomic E-state index is 0.0380. The van der Waals surface area contributed by atoms with Crippen LogP contribution >= 0.6 is 23.1 Å². The molecule has 1 aliphatic heterocycles. The Hall–Kier alpha value is -3.23. The van der Waals surface area contributed by atoms with Crippen molar-refractivity contribution in [1.29, 1.82) is 0 Å². The van der Waals surface area contributed by atoms with Crippen molar-refractivity contribution in [3.05, 3.63) is 86.7 Å². The Bertz CT molecular complexity index is 1220. The lowest BCUT2D eigenvalue weighted by Crippen LogP contribution is -2.37. The zero-order valence-corrected chi connectivity index (χ0v) is 18.8. The first kappa shape index (κ1) is 22.0. The number of imide groups is 1. The number of hydrogen-bond acceptors (Lipinski definition) is 5. The first-order valence-electron chi connectivity index (χ1n) is 9.86. The van der Waals surface area contributed by atoms with Gasteiger partial charge in [0.15, 0.2) is 0 Å². The monoisotopic (exact) mass is 466 g/mol. The Morgan fingerprint density at radius 2 is 1.84 bits per heavy atom. The number of nitrogens with one attached hydrogen (secondary N) is 1. The lowest BCUT2D eigenvalue weighted by Gasteiger charge is -2.13. The third-order valence-corrected chi connectivity index (χ3v) is 6.74. The molecule has 5 nitrogen and oxygen atoms in total. The van der Waals surface area contributed by atoms with Gasteiger partial charge in [-0.2, -0.15) is 0 Å². The molecule has 1 saturated heterocycles. The van der Waals surface area contributed by atoms with E-state index in [4.69, 9.17) is 0 Å². The topological polar surface area (TPSA) is 66.5 Å². The molecule has 4 rings (SSSR count). The first-order chi connectivity index (χ1) is 15.4. The highest BCUT2D eigenvalue weighted by atomic mass is 32.2. The van der Waals surface area contributed by atoms with E-state index < -0.39 is 17.0 Å². The van der Waals surface area contributed by atoms with Crippen molar-refractivity contribution >= 4 is 46.2 Å². The minimum Gasteiger partial charge on any atom is -0.350 e. The van der Waals surface area contributed by atoms with Gasteiger partial charge >= 0.3 is 0 Å². The number of carbonyl (C=O) groups excluding carboxylic acids is 3. The Morgan fingerprint density at radius 3 is 2.59 bits per heavy atom. The Balaban J connectivity index is 1.39. The van der Waals surface area contributed by atoms with Gasteiger partial charge in [-0.1, -0.05) is 48.0 Å². The second-order valence-corrected chi connectivity index (χ2v) is 9.05. The van der Waals surface area contributed by atoms with E-state index in [0.717, 1.165) is 33.4 Å². The highest BCUT2D eigenvalue weighted by molar-refractivity contribution is 8.18. The maximum Gasteiger partial charge on any atom is 0.293 e. The van der Waals surface area contributed by atoms with E-state index in [9.17, 15) is 18.8 Å². The van der Waals surface area contributed by atoms with Gasteiger partial charge in [-0.25, -0.2) is 4.39 Å². The van der Waals surface area contributed by atoms with Gasteiger partial charge < -0.3 is 5.32 Å². The van der Waals surface area contributed by atoms with Crippen molar-refractivity contribution < 1.29 is 18.8 Å². The highest BCUT2D eigenvalue weighted by Crippen LogP contribution is 2.32. The van der Waals surface area contributed by atoms with Gasteiger partial charge in [-0.05, 0) is 47.8 Å². The van der Waals surface area contributed by atoms with Crippen LogP contribution in [0.1, 0.15) is 20.8 Å². The van der Waals surface area contributed by atoms with E-state index in [0.29, 0.717) is 4.88 Å². The van der Waals surface area contributed by atoms with Gasteiger partial charge in [0.25, 0.3) is 17.1 Å². The van der Waals surface area contributed by atoms with Gasteiger partial charge in [0, 0.05) is 24.2 Å². The first-order valence-corrected chi connectivity index (χ1v) is 11.6. The van der Waals surface area contributed by atoms with Gasteiger partial charge in [0.1, 0.15) is 5.82 Å². The van der Waals surface area contributed by atoms with Crippen LogP contribution in [0.15, 0.2) is 64.9 Å². The molecule has 0 spiro atoms. The molecule has 0 atom stereocenters. The van der Waals surface area contributed by atoms with Crippen molar-refractivity contribution in [1.82, 2.24) is 10.2 Å². The molecule has 2 aromatic carbocycles. The van der Waals surface area contributed by atoms with Gasteiger partial charge in [0.2, 0.25) is 0 Å². The predicted molar refractivity (Wildman–Crippen MR) is 126 cm³/mol. The number of amides is 3. The largest absolute Gasteiger partial charge is 0.350 e. The summed E-state index contributed by atoms with van der Waals surface area (Å²) in [5.41, 5.74) is 3.17. The van der Waals surface area contributed by atoms with Crippen LogP contribution in [0.2, 0.25) is 0 Å². The summed E-state index contributed by atoms with van der Waals surface area (Å²) in [6.07, 6.45) is 1.37. The van der Waals surface area contributed by atoms with E-state index in [1.807, 2.05) is 42.6 Å². The molecule has 162 valence electrons. The predicted octanol–water partition coefficient (Wildman–Crippen LogP) is 5.33. The fourth-order valence-electron chi connectivity index (χ4n) is 3.23. The second-order valence-electron chi connectivity index (χ2n) is 7.14. The van der Waals surface area contributed by atoms with Crippen LogP contribution in [0.25, 0.3) is 17.2 Å². The number of rotatable bonds is 6. The molecule has 1 fully saturated rings. The number of hydrogen-bond donors (Lipinski definition) is 1. The summed E-state index contributed by atoms with van der Waals surface area (Å²) >= 11 is 2.10. The minimum atomic E-state index is -0.492. The molecule has 32 heavy (non-hydrogen) atoms. The summed E-state index contributed by atoms with van der Waals surface area (Å²) in [6.45, 7) is 2.16. The number of thioether (sulfide) groups is 1. The highest BCUT2D eigenvalue weighted by Gasteiger charge is 2.34. The lowest BCUT2D eigenvalue weighted by atomic mass is 10.0. The van der Waals surface area contributed by atoms with Gasteiger partial charge in [-0.15, -0.1) is 11.3 Å². The summed E-state index contributed by atoms with van der Waals surface area (Å²) in [5.74, 6) is -1.22. The number of nitrogens with zero attached hydrogens (tertiary/aromatic N) is 1. The number of aryl methyl sites for hydroxylation is 1. The molecule has 0 aliphatic carbocycles. The number of benzene rings is 2. The Morgan fingerprint density at radius 1 is 1.09 bits per heavy atom. The summed E-state index contributed by atoms with van der Waals surface area (Å²) < 4.78 is 13.9. The third-order valence-electron chi connectivity index (χ3n) is 4.92. The molecule has 0 saturated carbocycles. The molecule has 8 heteroatoms. The third kappa shape index (κ3) is 4.66. The molecule has 1 aliphatic rings. The van der Waals surface area contributed by atoms with Crippen molar-refractivity contribution in [2.45, 2.75) is 6.92 Å². The molecule has 2 heterocycles. The average Bonchev–Trinajstić information content (AvgIpc) is 3.36. The summed E-state index contributed by atoms with van der Waals surface area (Å²) in [4.78, 5) is 39.3. The summed E-state index contributed by atoms with van der Waals surface area (Å²) in [5, 5.41) is 4.20. The molecule has 1 aromatic heterocycles. The fraction of sp³-hybridized carbons (Fsp3) is 0.125. The molecule has 3 amide bonds.